The lowest BCUT2D eigenvalue weighted by atomic mass is 10.2. The van der Waals surface area contributed by atoms with Crippen LogP contribution in [-0.4, -0.2) is 13.0 Å². The fourth-order valence-corrected chi connectivity index (χ4v) is 3.90. The molecule has 0 aliphatic rings. The summed E-state index contributed by atoms with van der Waals surface area (Å²) in [6.45, 7) is 0. The molecule has 0 atom stereocenters. The van der Waals surface area contributed by atoms with Gasteiger partial charge in [0.25, 0.3) is 10.1 Å². The topological polar surface area (TPSA) is 54.4 Å². The van der Waals surface area contributed by atoms with Crippen LogP contribution in [0, 0.1) is 0 Å². The average molecular weight is 412 g/mol. The first-order chi connectivity index (χ1) is 12.7. The van der Waals surface area contributed by atoms with Crippen molar-refractivity contribution in [3.63, 3.8) is 0 Å². The quantitative estimate of drug-likeness (QED) is 0.517. The van der Waals surface area contributed by atoms with Crippen LogP contribution in [-0.2, 0) is 16.3 Å². The fourth-order valence-electron chi connectivity index (χ4n) is 2.14. The first-order valence-corrected chi connectivity index (χ1v) is 10.1. The van der Waals surface area contributed by atoms with E-state index >= 15 is 0 Å². The van der Waals surface area contributed by atoms with Gasteiger partial charge in [0.1, 0.15) is 4.90 Å². The summed E-state index contributed by atoms with van der Waals surface area (Å²) in [5.74, 6) is 0. The molecule has 3 nitrogen and oxygen atoms in total. The third-order valence-corrected chi connectivity index (χ3v) is 5.46. The zero-order valence-electron chi connectivity index (χ0n) is 13.9. The summed E-state index contributed by atoms with van der Waals surface area (Å²) in [6.07, 6.45) is -4.80. The molecule has 3 aromatic rings. The summed E-state index contributed by atoms with van der Waals surface area (Å²) < 4.78 is 66.2. The molecule has 3 rings (SSSR count). The molecule has 0 unspecified atom stereocenters. The molecule has 0 heterocycles. The largest absolute Gasteiger partial charge is 0.417 e. The minimum atomic E-state index is -4.84. The zero-order valence-corrected chi connectivity index (χ0v) is 15.7. The van der Waals surface area contributed by atoms with Gasteiger partial charge in [-0.15, -0.1) is 0 Å². The number of rotatable bonds is 3. The van der Waals surface area contributed by atoms with Crippen LogP contribution in [0.4, 0.5) is 13.2 Å². The van der Waals surface area contributed by atoms with E-state index in [1.54, 1.807) is 0 Å². The summed E-state index contributed by atoms with van der Waals surface area (Å²) in [6, 6.07) is 24.6. The van der Waals surface area contributed by atoms with Crippen molar-refractivity contribution in [3.05, 3.63) is 90.5 Å². The first-order valence-electron chi connectivity index (χ1n) is 7.69. The minimum Gasteiger partial charge on any atom is -0.282 e. The smallest absolute Gasteiger partial charge is 0.282 e. The summed E-state index contributed by atoms with van der Waals surface area (Å²) in [5.41, 5.74) is -1.37. The number of halogens is 3. The van der Waals surface area contributed by atoms with Crippen LogP contribution >= 0.6 is 8.58 Å². The molecule has 0 spiro atoms. The third-order valence-electron chi connectivity index (χ3n) is 3.31. The summed E-state index contributed by atoms with van der Waals surface area (Å²) in [4.78, 5) is -1.13. The fraction of sp³-hybridized carbons (Fsp3) is 0.0526. The highest BCUT2D eigenvalue weighted by molar-refractivity contribution is 7.85. The van der Waals surface area contributed by atoms with Crippen LogP contribution < -0.4 is 10.6 Å². The standard InChI is InChI=1S/C12H11P.C7H5F3O3S/c1-3-7-11(8-4-1)13-12-9-5-2-6-10-12;8-7(9,10)5-3-1-2-4-6(5)14(11,12)13/h1-10,13H;1-4H,(H,11,12,13). The molecule has 0 aliphatic heterocycles. The van der Waals surface area contributed by atoms with E-state index < -0.39 is 26.8 Å². The highest BCUT2D eigenvalue weighted by Gasteiger charge is 2.36. The van der Waals surface area contributed by atoms with Gasteiger partial charge in [-0.1, -0.05) is 81.4 Å². The number of hydrogen-bond acceptors (Lipinski definition) is 2. The van der Waals surface area contributed by atoms with Crippen molar-refractivity contribution in [1.82, 2.24) is 0 Å². The zero-order chi connectivity index (χ0) is 19.9. The van der Waals surface area contributed by atoms with Crippen molar-refractivity contribution >= 4 is 29.3 Å². The van der Waals surface area contributed by atoms with Crippen molar-refractivity contribution in [2.75, 3.05) is 0 Å². The van der Waals surface area contributed by atoms with Crippen molar-refractivity contribution in [2.24, 2.45) is 0 Å². The molecule has 0 fully saturated rings. The molecule has 0 radical (unpaired) electrons. The number of benzene rings is 3. The Morgan fingerprint density at radius 1 is 0.704 bits per heavy atom. The molecule has 0 saturated heterocycles. The van der Waals surface area contributed by atoms with Crippen LogP contribution in [0.5, 0.6) is 0 Å². The minimum absolute atomic E-state index is 0.586. The van der Waals surface area contributed by atoms with Crippen LogP contribution in [0.3, 0.4) is 0 Å². The van der Waals surface area contributed by atoms with E-state index in [-0.39, 0.29) is 0 Å². The van der Waals surface area contributed by atoms with Crippen LogP contribution in [0.25, 0.3) is 0 Å². The molecule has 0 aliphatic carbocycles. The lowest BCUT2D eigenvalue weighted by Gasteiger charge is -2.09. The number of alkyl halides is 3. The summed E-state index contributed by atoms with van der Waals surface area (Å²) >= 11 is 0. The molecular formula is C19H16F3O3PS. The van der Waals surface area contributed by atoms with Gasteiger partial charge in [0.05, 0.1) is 5.56 Å². The monoisotopic (exact) mass is 412 g/mol. The van der Waals surface area contributed by atoms with Gasteiger partial charge in [0, 0.05) is 0 Å². The van der Waals surface area contributed by atoms with Crippen molar-refractivity contribution in [3.8, 4) is 0 Å². The third kappa shape index (κ3) is 6.79. The summed E-state index contributed by atoms with van der Waals surface area (Å²) in [7, 11) is -4.06. The van der Waals surface area contributed by atoms with E-state index in [9.17, 15) is 21.6 Å². The predicted octanol–water partition coefficient (Wildman–Crippen LogP) is 4.27. The molecule has 142 valence electrons. The van der Waals surface area contributed by atoms with Gasteiger partial charge in [0.15, 0.2) is 0 Å². The second-order valence-corrected chi connectivity index (χ2v) is 8.12. The normalized spacial score (nSPS) is 11.4. The van der Waals surface area contributed by atoms with Crippen LogP contribution in [0.15, 0.2) is 89.8 Å². The predicted molar refractivity (Wildman–Crippen MR) is 102 cm³/mol. The molecule has 27 heavy (non-hydrogen) atoms. The van der Waals surface area contributed by atoms with E-state index in [0.29, 0.717) is 12.1 Å². The summed E-state index contributed by atoms with van der Waals surface area (Å²) in [5, 5.41) is 2.79. The Balaban J connectivity index is 0.000000194. The Kier molecular flexibility index (Phi) is 7.13. The highest BCUT2D eigenvalue weighted by atomic mass is 32.2. The SMILES string of the molecule is O=S(=O)(O)c1ccccc1C(F)(F)F.c1ccc(Pc2ccccc2)cc1. The van der Waals surface area contributed by atoms with Crippen molar-refractivity contribution < 1.29 is 26.1 Å². The Labute approximate surface area is 157 Å². The Morgan fingerprint density at radius 3 is 1.48 bits per heavy atom. The van der Waals surface area contributed by atoms with Gasteiger partial charge in [-0.2, -0.15) is 21.6 Å². The molecule has 3 aromatic carbocycles. The van der Waals surface area contributed by atoms with Gasteiger partial charge in [-0.05, 0) is 22.7 Å². The maximum Gasteiger partial charge on any atom is 0.417 e. The van der Waals surface area contributed by atoms with Gasteiger partial charge in [-0.25, -0.2) is 0 Å². The molecule has 8 heteroatoms. The molecular weight excluding hydrogens is 396 g/mol. The highest BCUT2D eigenvalue weighted by Crippen LogP contribution is 2.33. The molecule has 0 bridgehead atoms. The van der Waals surface area contributed by atoms with E-state index in [2.05, 4.69) is 60.7 Å². The molecule has 0 saturated carbocycles. The van der Waals surface area contributed by atoms with E-state index in [1.807, 2.05) is 0 Å². The second-order valence-electron chi connectivity index (χ2n) is 5.33. The van der Waals surface area contributed by atoms with E-state index in [4.69, 9.17) is 4.55 Å². The first kappa shape index (κ1) is 21.1. The Bertz CT molecular complexity index is 923. The lowest BCUT2D eigenvalue weighted by molar-refractivity contribution is -0.140. The van der Waals surface area contributed by atoms with Gasteiger partial charge in [0.2, 0.25) is 0 Å². The second kappa shape index (κ2) is 9.13. The maximum atomic E-state index is 12.2. The molecule has 0 amide bonds. The van der Waals surface area contributed by atoms with Crippen LogP contribution in [0.2, 0.25) is 0 Å². The van der Waals surface area contributed by atoms with Gasteiger partial charge >= 0.3 is 6.18 Å². The van der Waals surface area contributed by atoms with Gasteiger partial charge in [-0.3, -0.25) is 4.55 Å². The maximum absolute atomic E-state index is 12.2. The number of hydrogen-bond donors (Lipinski definition) is 1. The van der Waals surface area contributed by atoms with E-state index in [1.165, 1.54) is 10.6 Å². The average Bonchev–Trinajstić information content (AvgIpc) is 2.63. The van der Waals surface area contributed by atoms with Crippen molar-refractivity contribution in [2.45, 2.75) is 11.1 Å². The van der Waals surface area contributed by atoms with Gasteiger partial charge < -0.3 is 0 Å². The van der Waals surface area contributed by atoms with E-state index in [0.717, 1.165) is 20.7 Å². The molecule has 1 N–H and O–H groups in total. The molecule has 0 aromatic heterocycles. The lowest BCUT2D eigenvalue weighted by Crippen LogP contribution is -2.12. The van der Waals surface area contributed by atoms with Crippen LogP contribution in [0.1, 0.15) is 5.56 Å². The Hall–Kier alpha value is -2.21. The Morgan fingerprint density at radius 2 is 1.11 bits per heavy atom. The van der Waals surface area contributed by atoms with Crippen molar-refractivity contribution in [1.29, 1.82) is 0 Å².